The number of piperazine rings is 1. The summed E-state index contributed by atoms with van der Waals surface area (Å²) in [7, 11) is 0. The van der Waals surface area contributed by atoms with E-state index >= 15 is 0 Å². The van der Waals surface area contributed by atoms with Crippen LogP contribution in [0.25, 0.3) is 11.7 Å². The number of carbonyl (C=O) groups is 1. The van der Waals surface area contributed by atoms with Crippen LogP contribution in [0.3, 0.4) is 0 Å². The molecule has 4 heterocycles. The summed E-state index contributed by atoms with van der Waals surface area (Å²) < 4.78 is 11.1. The molecule has 0 unspecified atom stereocenters. The lowest BCUT2D eigenvalue weighted by Gasteiger charge is -2.34. The van der Waals surface area contributed by atoms with Crippen molar-refractivity contribution in [1.82, 2.24) is 14.9 Å². The number of aromatic nitrogens is 2. The third-order valence-electron chi connectivity index (χ3n) is 4.59. The summed E-state index contributed by atoms with van der Waals surface area (Å²) in [4.78, 5) is 24.8. The van der Waals surface area contributed by atoms with Gasteiger partial charge in [-0.3, -0.25) is 4.79 Å². The summed E-state index contributed by atoms with van der Waals surface area (Å²) in [5.74, 6) is 1.60. The third kappa shape index (κ3) is 4.27. The van der Waals surface area contributed by atoms with Crippen molar-refractivity contribution in [1.29, 1.82) is 5.26 Å². The van der Waals surface area contributed by atoms with Crippen LogP contribution in [0.5, 0.6) is 0 Å². The largest absolute Gasteiger partial charge is 0.459 e. The summed E-state index contributed by atoms with van der Waals surface area (Å²) in [5, 5.41) is 10.2. The average Bonchev–Trinajstić information content (AvgIpc) is 3.43. The number of nitrogens with zero attached hydrogens (tertiary/aromatic N) is 5. The van der Waals surface area contributed by atoms with E-state index in [-0.39, 0.29) is 17.5 Å². The lowest BCUT2D eigenvalue weighted by Crippen LogP contribution is -2.49. The van der Waals surface area contributed by atoms with Crippen molar-refractivity contribution in [3.05, 3.63) is 48.0 Å². The van der Waals surface area contributed by atoms with Crippen LogP contribution in [0.15, 0.2) is 50.6 Å². The quantitative estimate of drug-likeness (QED) is 0.593. The Bertz CT molecular complexity index is 1020. The van der Waals surface area contributed by atoms with Crippen molar-refractivity contribution in [2.75, 3.05) is 36.8 Å². The van der Waals surface area contributed by atoms with Crippen LogP contribution in [0.1, 0.15) is 11.3 Å². The second-order valence-electron chi connectivity index (χ2n) is 6.59. The smallest absolute Gasteiger partial charge is 0.266 e. The highest BCUT2D eigenvalue weighted by molar-refractivity contribution is 7.99. The number of oxazole rings is 1. The lowest BCUT2D eigenvalue weighted by atomic mass is 10.3. The Morgan fingerprint density at radius 1 is 1.28 bits per heavy atom. The maximum Gasteiger partial charge on any atom is 0.266 e. The van der Waals surface area contributed by atoms with Gasteiger partial charge in [0.05, 0.1) is 17.0 Å². The molecule has 1 aliphatic rings. The first-order valence-electron chi connectivity index (χ1n) is 9.17. The summed E-state index contributed by atoms with van der Waals surface area (Å²) >= 11 is 1.44. The molecule has 4 rings (SSSR count). The molecule has 3 aromatic heterocycles. The number of hydrogen-bond donors (Lipinski definition) is 0. The zero-order chi connectivity index (χ0) is 20.2. The van der Waals surface area contributed by atoms with Crippen molar-refractivity contribution < 1.29 is 13.6 Å². The molecule has 0 aliphatic carbocycles. The highest BCUT2D eigenvalue weighted by Crippen LogP contribution is 2.29. The predicted octanol–water partition coefficient (Wildman–Crippen LogP) is 2.95. The van der Waals surface area contributed by atoms with Crippen LogP contribution in [0.4, 0.5) is 5.88 Å². The Labute approximate surface area is 172 Å². The molecule has 0 bridgehead atoms. The zero-order valence-corrected chi connectivity index (χ0v) is 16.7. The minimum atomic E-state index is 0.0753. The van der Waals surface area contributed by atoms with Gasteiger partial charge in [-0.15, -0.1) is 0 Å². The fourth-order valence-electron chi connectivity index (χ4n) is 3.03. The highest BCUT2D eigenvalue weighted by Gasteiger charge is 2.27. The normalized spacial score (nSPS) is 14.1. The van der Waals surface area contributed by atoms with Gasteiger partial charge in [0.15, 0.2) is 5.76 Å². The molecule has 148 valence electrons. The molecule has 9 heteroatoms. The van der Waals surface area contributed by atoms with Gasteiger partial charge < -0.3 is 18.6 Å². The maximum absolute atomic E-state index is 12.5. The van der Waals surface area contributed by atoms with Gasteiger partial charge >= 0.3 is 0 Å². The van der Waals surface area contributed by atoms with Crippen LogP contribution in [0, 0.1) is 18.3 Å². The molecule has 1 saturated heterocycles. The number of rotatable bonds is 5. The fraction of sp³-hybridized carbons (Fsp3) is 0.300. The molecule has 0 spiro atoms. The molecule has 1 amide bonds. The van der Waals surface area contributed by atoms with Crippen LogP contribution in [-0.2, 0) is 4.79 Å². The van der Waals surface area contributed by atoms with Crippen molar-refractivity contribution in [2.24, 2.45) is 0 Å². The van der Waals surface area contributed by atoms with Crippen LogP contribution < -0.4 is 4.90 Å². The van der Waals surface area contributed by atoms with Crippen LogP contribution >= 0.6 is 11.8 Å². The van der Waals surface area contributed by atoms with Gasteiger partial charge in [0.1, 0.15) is 6.07 Å². The van der Waals surface area contributed by atoms with Gasteiger partial charge in [0.2, 0.25) is 17.5 Å². The first-order chi connectivity index (χ1) is 14.1. The van der Waals surface area contributed by atoms with E-state index in [9.17, 15) is 10.1 Å². The van der Waals surface area contributed by atoms with E-state index in [4.69, 9.17) is 8.83 Å². The molecule has 0 N–H and O–H groups in total. The first kappa shape index (κ1) is 19.1. The first-order valence-corrected chi connectivity index (χ1v) is 10.2. The van der Waals surface area contributed by atoms with E-state index in [2.05, 4.69) is 16.0 Å². The summed E-state index contributed by atoms with van der Waals surface area (Å²) in [6.45, 7) is 4.24. The SMILES string of the molecule is Cc1ccc(SCC(=O)N2CCN(c3oc(-c4ccco4)nc3C#N)CC2)nc1. The molecule has 0 atom stereocenters. The minimum Gasteiger partial charge on any atom is -0.459 e. The molecular weight excluding hydrogens is 390 g/mol. The number of hydrogen-bond acceptors (Lipinski definition) is 8. The average molecular weight is 409 g/mol. The van der Waals surface area contributed by atoms with Gasteiger partial charge in [0.25, 0.3) is 5.89 Å². The van der Waals surface area contributed by atoms with Gasteiger partial charge in [-0.1, -0.05) is 17.8 Å². The van der Waals surface area contributed by atoms with Crippen molar-refractivity contribution >= 4 is 23.6 Å². The molecule has 0 aromatic carbocycles. The number of carbonyl (C=O) groups excluding carboxylic acids is 1. The Balaban J connectivity index is 1.35. The molecule has 1 fully saturated rings. The molecule has 0 radical (unpaired) electrons. The second-order valence-corrected chi connectivity index (χ2v) is 7.59. The zero-order valence-electron chi connectivity index (χ0n) is 15.9. The number of aryl methyl sites for hydroxylation is 1. The summed E-state index contributed by atoms with van der Waals surface area (Å²) in [6.07, 6.45) is 3.33. The van der Waals surface area contributed by atoms with Crippen LogP contribution in [-0.4, -0.2) is 52.7 Å². The van der Waals surface area contributed by atoms with E-state index in [0.717, 1.165) is 10.6 Å². The Hall–Kier alpha value is -3.25. The van der Waals surface area contributed by atoms with E-state index in [0.29, 0.717) is 43.6 Å². The summed E-state index contributed by atoms with van der Waals surface area (Å²) in [6, 6.07) is 9.45. The number of furan rings is 1. The molecule has 29 heavy (non-hydrogen) atoms. The summed E-state index contributed by atoms with van der Waals surface area (Å²) in [5.41, 5.74) is 1.31. The van der Waals surface area contributed by atoms with Gasteiger partial charge in [-0.25, -0.2) is 4.98 Å². The molecule has 8 nitrogen and oxygen atoms in total. The van der Waals surface area contributed by atoms with E-state index in [1.54, 1.807) is 18.3 Å². The molecule has 0 saturated carbocycles. The Morgan fingerprint density at radius 3 is 2.76 bits per heavy atom. The van der Waals surface area contributed by atoms with Gasteiger partial charge in [-0.2, -0.15) is 10.2 Å². The topological polar surface area (TPSA) is 99.4 Å². The number of thioether (sulfide) groups is 1. The number of pyridine rings is 1. The standard InChI is InChI=1S/C20H19N5O3S/c1-14-4-5-17(22-12-14)29-13-18(26)24-6-8-25(9-7-24)20-15(11-21)23-19(28-20)16-3-2-10-27-16/h2-5,10,12H,6-9,13H2,1H3. The minimum absolute atomic E-state index is 0.0753. The lowest BCUT2D eigenvalue weighted by molar-refractivity contribution is -0.128. The molecule has 3 aromatic rings. The Kier molecular flexibility index (Phi) is 5.53. The monoisotopic (exact) mass is 409 g/mol. The van der Waals surface area contributed by atoms with Crippen molar-refractivity contribution in [2.45, 2.75) is 11.9 Å². The third-order valence-corrected chi connectivity index (χ3v) is 5.52. The fourth-order valence-corrected chi connectivity index (χ4v) is 3.78. The highest BCUT2D eigenvalue weighted by atomic mass is 32.2. The number of nitriles is 1. The van der Waals surface area contributed by atoms with E-state index < -0.39 is 0 Å². The molecular formula is C20H19N5O3S. The second kappa shape index (κ2) is 8.41. The number of anilines is 1. The number of amides is 1. The van der Waals surface area contributed by atoms with Gasteiger partial charge in [0, 0.05) is 32.4 Å². The predicted molar refractivity (Wildman–Crippen MR) is 107 cm³/mol. The van der Waals surface area contributed by atoms with E-state index in [1.165, 1.54) is 18.0 Å². The van der Waals surface area contributed by atoms with Crippen molar-refractivity contribution in [3.63, 3.8) is 0 Å². The van der Waals surface area contributed by atoms with Gasteiger partial charge in [-0.05, 0) is 30.7 Å². The van der Waals surface area contributed by atoms with Crippen molar-refractivity contribution in [3.8, 4) is 17.7 Å². The van der Waals surface area contributed by atoms with Crippen LogP contribution in [0.2, 0.25) is 0 Å². The molecule has 1 aliphatic heterocycles. The Morgan fingerprint density at radius 2 is 2.10 bits per heavy atom. The maximum atomic E-state index is 12.5. The van der Waals surface area contributed by atoms with E-state index in [1.807, 2.05) is 28.9 Å².